The molecule has 1 amide bonds. The Bertz CT molecular complexity index is 898. The lowest BCUT2D eigenvalue weighted by Gasteiger charge is -2.19. The lowest BCUT2D eigenvalue weighted by molar-refractivity contribution is -0.137. The molecule has 1 aliphatic heterocycles. The molecule has 0 aliphatic carbocycles. The summed E-state index contributed by atoms with van der Waals surface area (Å²) in [7, 11) is 0. The minimum Gasteiger partial charge on any atom is -0.367 e. The number of rotatable bonds is 7. The Morgan fingerprint density at radius 2 is 1.97 bits per heavy atom. The fourth-order valence-electron chi connectivity index (χ4n) is 3.08. The standard InChI is InChI=1S/C20H24F3N5O/c1-11(2)4-5-12(3)25-18-15(20(21,22)23)10-24-19(28-18)26-14-6-7-16-13(8-14)9-17(29)27-16/h6-8,10-12H,4-5,9H2,1-3H3,(H,27,29)(H2,24,25,26,28). The summed E-state index contributed by atoms with van der Waals surface area (Å²) in [6.07, 6.45) is -1.89. The molecule has 0 saturated heterocycles. The molecule has 0 fully saturated rings. The van der Waals surface area contributed by atoms with Gasteiger partial charge in [0.15, 0.2) is 0 Å². The first-order valence-corrected chi connectivity index (χ1v) is 9.52. The number of aromatic nitrogens is 2. The number of benzene rings is 1. The maximum absolute atomic E-state index is 13.4. The van der Waals surface area contributed by atoms with E-state index in [1.165, 1.54) is 0 Å². The largest absolute Gasteiger partial charge is 0.421 e. The van der Waals surface area contributed by atoms with E-state index >= 15 is 0 Å². The zero-order chi connectivity index (χ0) is 21.2. The van der Waals surface area contributed by atoms with Crippen molar-refractivity contribution in [1.82, 2.24) is 9.97 Å². The Labute approximate surface area is 167 Å². The van der Waals surface area contributed by atoms with Crippen LogP contribution >= 0.6 is 0 Å². The van der Waals surface area contributed by atoms with Gasteiger partial charge in [0.25, 0.3) is 0 Å². The number of nitrogens with zero attached hydrogens (tertiary/aromatic N) is 2. The predicted octanol–water partition coefficient (Wildman–Crippen LogP) is 4.97. The van der Waals surface area contributed by atoms with Crippen LogP contribution in [0, 0.1) is 5.92 Å². The first-order valence-electron chi connectivity index (χ1n) is 9.52. The summed E-state index contributed by atoms with van der Waals surface area (Å²) in [5.41, 5.74) is 1.24. The Hall–Kier alpha value is -2.84. The number of hydrogen-bond donors (Lipinski definition) is 3. The number of halogens is 3. The number of fused-ring (bicyclic) bond motifs is 1. The smallest absolute Gasteiger partial charge is 0.367 e. The van der Waals surface area contributed by atoms with E-state index in [4.69, 9.17) is 0 Å². The molecule has 0 saturated carbocycles. The van der Waals surface area contributed by atoms with Gasteiger partial charge in [0.2, 0.25) is 11.9 Å². The van der Waals surface area contributed by atoms with Crippen molar-refractivity contribution < 1.29 is 18.0 Å². The van der Waals surface area contributed by atoms with Gasteiger partial charge in [0.1, 0.15) is 11.4 Å². The number of nitrogens with one attached hydrogen (secondary N) is 3. The van der Waals surface area contributed by atoms with Gasteiger partial charge >= 0.3 is 6.18 Å². The topological polar surface area (TPSA) is 78.9 Å². The van der Waals surface area contributed by atoms with E-state index in [0.29, 0.717) is 11.6 Å². The van der Waals surface area contributed by atoms with Crippen LogP contribution in [0.4, 0.5) is 36.3 Å². The molecule has 3 N–H and O–H groups in total. The van der Waals surface area contributed by atoms with Gasteiger partial charge in [-0.25, -0.2) is 4.98 Å². The summed E-state index contributed by atoms with van der Waals surface area (Å²) in [6, 6.07) is 5.04. The Kier molecular flexibility index (Phi) is 5.95. The van der Waals surface area contributed by atoms with Crippen molar-refractivity contribution in [3.05, 3.63) is 35.5 Å². The minimum absolute atomic E-state index is 0.0498. The Balaban J connectivity index is 1.81. The van der Waals surface area contributed by atoms with Crippen molar-refractivity contribution in [3.63, 3.8) is 0 Å². The molecule has 0 radical (unpaired) electrons. The second-order valence-electron chi connectivity index (χ2n) is 7.69. The highest BCUT2D eigenvalue weighted by atomic mass is 19.4. The van der Waals surface area contributed by atoms with Crippen LogP contribution in [0.15, 0.2) is 24.4 Å². The van der Waals surface area contributed by atoms with E-state index in [1.807, 2.05) is 6.92 Å². The molecule has 0 bridgehead atoms. The zero-order valence-corrected chi connectivity index (χ0v) is 16.5. The predicted molar refractivity (Wildman–Crippen MR) is 106 cm³/mol. The third-order valence-corrected chi connectivity index (χ3v) is 4.64. The number of carbonyl (C=O) groups excluding carboxylic acids is 1. The second-order valence-corrected chi connectivity index (χ2v) is 7.69. The summed E-state index contributed by atoms with van der Waals surface area (Å²) >= 11 is 0. The van der Waals surface area contributed by atoms with E-state index in [9.17, 15) is 18.0 Å². The molecule has 2 aromatic rings. The van der Waals surface area contributed by atoms with Crippen LogP contribution in [0.1, 0.15) is 44.7 Å². The summed E-state index contributed by atoms with van der Waals surface area (Å²) < 4.78 is 40.1. The van der Waals surface area contributed by atoms with Gasteiger partial charge in [-0.3, -0.25) is 4.79 Å². The summed E-state index contributed by atoms with van der Waals surface area (Å²) in [5.74, 6) is 0.174. The highest BCUT2D eigenvalue weighted by Crippen LogP contribution is 2.35. The fourth-order valence-corrected chi connectivity index (χ4v) is 3.08. The van der Waals surface area contributed by atoms with Crippen molar-refractivity contribution in [2.75, 3.05) is 16.0 Å². The first-order chi connectivity index (χ1) is 13.6. The zero-order valence-electron chi connectivity index (χ0n) is 16.5. The van der Waals surface area contributed by atoms with E-state index in [0.717, 1.165) is 30.3 Å². The van der Waals surface area contributed by atoms with Crippen LogP contribution in [-0.4, -0.2) is 21.9 Å². The average molecular weight is 407 g/mol. The van der Waals surface area contributed by atoms with E-state index in [1.54, 1.807) is 18.2 Å². The van der Waals surface area contributed by atoms with Gasteiger partial charge in [-0.05, 0) is 49.4 Å². The minimum atomic E-state index is -4.56. The lowest BCUT2D eigenvalue weighted by atomic mass is 10.0. The van der Waals surface area contributed by atoms with Crippen LogP contribution in [-0.2, 0) is 17.4 Å². The lowest BCUT2D eigenvalue weighted by Crippen LogP contribution is -2.21. The molecule has 156 valence electrons. The van der Waals surface area contributed by atoms with Gasteiger partial charge in [0, 0.05) is 23.6 Å². The highest BCUT2D eigenvalue weighted by Gasteiger charge is 2.35. The van der Waals surface area contributed by atoms with Crippen LogP contribution in [0.3, 0.4) is 0 Å². The first kappa shape index (κ1) is 20.9. The number of anilines is 4. The molecule has 9 heteroatoms. The van der Waals surface area contributed by atoms with Crippen LogP contribution in [0.2, 0.25) is 0 Å². The van der Waals surface area contributed by atoms with Crippen molar-refractivity contribution in [2.45, 2.75) is 52.3 Å². The summed E-state index contributed by atoms with van der Waals surface area (Å²) in [5, 5.41) is 8.53. The summed E-state index contributed by atoms with van der Waals surface area (Å²) in [4.78, 5) is 19.4. The number of hydrogen-bond acceptors (Lipinski definition) is 5. The molecule has 3 rings (SSSR count). The number of amides is 1. The van der Waals surface area contributed by atoms with Crippen molar-refractivity contribution in [3.8, 4) is 0 Å². The van der Waals surface area contributed by atoms with Gasteiger partial charge < -0.3 is 16.0 Å². The molecule has 6 nitrogen and oxygen atoms in total. The third kappa shape index (κ3) is 5.36. The molecule has 0 spiro atoms. The maximum Gasteiger partial charge on any atom is 0.421 e. The number of carbonyl (C=O) groups is 1. The maximum atomic E-state index is 13.4. The average Bonchev–Trinajstić information content (AvgIpc) is 2.98. The van der Waals surface area contributed by atoms with E-state index in [-0.39, 0.29) is 30.1 Å². The van der Waals surface area contributed by atoms with Crippen molar-refractivity contribution in [1.29, 1.82) is 0 Å². The van der Waals surface area contributed by atoms with E-state index in [2.05, 4.69) is 39.8 Å². The van der Waals surface area contributed by atoms with Crippen LogP contribution < -0.4 is 16.0 Å². The fraction of sp³-hybridized carbons (Fsp3) is 0.450. The van der Waals surface area contributed by atoms with Crippen molar-refractivity contribution >= 4 is 29.0 Å². The SMILES string of the molecule is CC(C)CCC(C)Nc1nc(Nc2ccc3c(c2)CC(=O)N3)ncc1C(F)(F)F. The molecular formula is C20H24F3N5O. The Morgan fingerprint density at radius 3 is 2.66 bits per heavy atom. The summed E-state index contributed by atoms with van der Waals surface area (Å²) in [6.45, 7) is 5.98. The van der Waals surface area contributed by atoms with E-state index < -0.39 is 11.7 Å². The molecule has 1 unspecified atom stereocenters. The van der Waals surface area contributed by atoms with Gasteiger partial charge in [-0.1, -0.05) is 13.8 Å². The normalized spacial score (nSPS) is 14.5. The third-order valence-electron chi connectivity index (χ3n) is 4.64. The molecule has 2 heterocycles. The quantitative estimate of drug-likeness (QED) is 0.604. The number of alkyl halides is 3. The Morgan fingerprint density at radius 1 is 1.21 bits per heavy atom. The van der Waals surface area contributed by atoms with Crippen molar-refractivity contribution in [2.24, 2.45) is 5.92 Å². The molecule has 1 aromatic carbocycles. The molecule has 1 aliphatic rings. The second kappa shape index (κ2) is 8.26. The highest BCUT2D eigenvalue weighted by molar-refractivity contribution is 5.99. The molecular weight excluding hydrogens is 383 g/mol. The molecule has 29 heavy (non-hydrogen) atoms. The molecule has 1 atom stereocenters. The van der Waals surface area contributed by atoms with Gasteiger partial charge in [-0.15, -0.1) is 0 Å². The van der Waals surface area contributed by atoms with Gasteiger partial charge in [0.05, 0.1) is 6.42 Å². The van der Waals surface area contributed by atoms with Crippen LogP contribution in [0.5, 0.6) is 0 Å². The monoisotopic (exact) mass is 407 g/mol. The van der Waals surface area contributed by atoms with Crippen LogP contribution in [0.25, 0.3) is 0 Å². The van der Waals surface area contributed by atoms with Gasteiger partial charge in [-0.2, -0.15) is 18.2 Å². The molecule has 1 aromatic heterocycles.